The molecule has 3 saturated heterocycles. The predicted molar refractivity (Wildman–Crippen MR) is 88.2 cm³/mol. The summed E-state index contributed by atoms with van der Waals surface area (Å²) in [5, 5.41) is 0. The van der Waals surface area contributed by atoms with Gasteiger partial charge in [-0.3, -0.25) is 14.7 Å². The van der Waals surface area contributed by atoms with Gasteiger partial charge in [-0.2, -0.15) is 0 Å². The molecule has 1 aromatic heterocycles. The van der Waals surface area contributed by atoms with Gasteiger partial charge < -0.3 is 9.64 Å². The fourth-order valence-electron chi connectivity index (χ4n) is 4.59. The normalized spacial score (nSPS) is 33.0. The molecule has 2 atom stereocenters. The van der Waals surface area contributed by atoms with Crippen LogP contribution in [0.3, 0.4) is 0 Å². The van der Waals surface area contributed by atoms with Crippen LogP contribution in [0.15, 0.2) is 24.5 Å². The van der Waals surface area contributed by atoms with Gasteiger partial charge in [0.2, 0.25) is 5.91 Å². The fourth-order valence-corrected chi connectivity index (χ4v) is 4.59. The summed E-state index contributed by atoms with van der Waals surface area (Å²) in [5.74, 6) is 0.715. The van der Waals surface area contributed by atoms with Gasteiger partial charge in [0.1, 0.15) is 0 Å². The van der Waals surface area contributed by atoms with Crippen molar-refractivity contribution in [2.45, 2.75) is 32.2 Å². The maximum atomic E-state index is 13.2. The van der Waals surface area contributed by atoms with Gasteiger partial charge in [-0.15, -0.1) is 0 Å². The van der Waals surface area contributed by atoms with Crippen LogP contribution < -0.4 is 4.90 Å². The maximum Gasteiger partial charge on any atom is 0.234 e. The largest absolute Gasteiger partial charge is 0.381 e. The number of amides is 1. The van der Waals surface area contributed by atoms with Gasteiger partial charge in [-0.1, -0.05) is 6.92 Å². The number of rotatable bonds is 2. The van der Waals surface area contributed by atoms with E-state index in [-0.39, 0.29) is 5.41 Å². The van der Waals surface area contributed by atoms with Crippen molar-refractivity contribution in [3.05, 3.63) is 24.5 Å². The molecular weight excluding hydrogens is 290 g/mol. The summed E-state index contributed by atoms with van der Waals surface area (Å²) in [6, 6.07) is 4.48. The second-order valence-corrected chi connectivity index (χ2v) is 7.25. The number of aromatic nitrogens is 1. The Morgan fingerprint density at radius 2 is 2.17 bits per heavy atom. The van der Waals surface area contributed by atoms with Gasteiger partial charge in [-0.05, 0) is 37.3 Å². The Kier molecular flexibility index (Phi) is 3.85. The summed E-state index contributed by atoms with van der Waals surface area (Å²) in [6.45, 7) is 6.74. The lowest BCUT2D eigenvalue weighted by Crippen LogP contribution is -2.42. The van der Waals surface area contributed by atoms with Gasteiger partial charge in [0.05, 0.1) is 17.3 Å². The molecule has 0 saturated carbocycles. The number of anilines is 1. The maximum absolute atomic E-state index is 13.2. The first-order valence-electron chi connectivity index (χ1n) is 8.74. The van der Waals surface area contributed by atoms with Gasteiger partial charge in [-0.25, -0.2) is 0 Å². The second kappa shape index (κ2) is 5.87. The highest BCUT2D eigenvalue weighted by Gasteiger charge is 2.56. The fraction of sp³-hybridized carbons (Fsp3) is 0.667. The molecule has 1 spiro atoms. The monoisotopic (exact) mass is 315 g/mol. The Hall–Kier alpha value is -1.46. The van der Waals surface area contributed by atoms with Crippen molar-refractivity contribution in [1.29, 1.82) is 0 Å². The smallest absolute Gasteiger partial charge is 0.234 e. The molecule has 0 N–H and O–H groups in total. The molecule has 3 fully saturated rings. The van der Waals surface area contributed by atoms with E-state index in [1.807, 2.05) is 17.0 Å². The minimum atomic E-state index is -0.200. The van der Waals surface area contributed by atoms with E-state index in [0.29, 0.717) is 17.9 Å². The number of hydrogen-bond donors (Lipinski definition) is 0. The molecule has 5 nitrogen and oxygen atoms in total. The van der Waals surface area contributed by atoms with Crippen molar-refractivity contribution in [2.75, 3.05) is 37.7 Å². The van der Waals surface area contributed by atoms with Crippen LogP contribution in [-0.4, -0.2) is 54.7 Å². The minimum Gasteiger partial charge on any atom is -0.381 e. The summed E-state index contributed by atoms with van der Waals surface area (Å²) in [4.78, 5) is 21.9. The number of carbonyl (C=O) groups excluding carboxylic acids is 1. The SMILES string of the molecule is C[C@@H]1CN(C2CCOCC2)C[C@]12CCN(c1cccnc1)C2=O. The quantitative estimate of drug-likeness (QED) is 0.837. The van der Waals surface area contributed by atoms with Gasteiger partial charge in [0.15, 0.2) is 0 Å². The van der Waals surface area contributed by atoms with Crippen LogP contribution in [0.1, 0.15) is 26.2 Å². The van der Waals surface area contributed by atoms with E-state index in [1.54, 1.807) is 12.4 Å². The third kappa shape index (κ3) is 2.46. The van der Waals surface area contributed by atoms with Crippen molar-refractivity contribution in [1.82, 2.24) is 9.88 Å². The Bertz CT molecular complexity index is 573. The highest BCUT2D eigenvalue weighted by Crippen LogP contribution is 2.46. The Morgan fingerprint density at radius 1 is 1.35 bits per heavy atom. The van der Waals surface area contributed by atoms with Crippen LogP contribution in [0.5, 0.6) is 0 Å². The lowest BCUT2D eigenvalue weighted by molar-refractivity contribution is -0.126. The average molecular weight is 315 g/mol. The highest BCUT2D eigenvalue weighted by atomic mass is 16.5. The van der Waals surface area contributed by atoms with E-state index < -0.39 is 0 Å². The Labute approximate surface area is 137 Å². The van der Waals surface area contributed by atoms with Gasteiger partial charge in [0, 0.05) is 45.1 Å². The molecular formula is C18H25N3O2. The van der Waals surface area contributed by atoms with Crippen LogP contribution in [0.2, 0.25) is 0 Å². The van der Waals surface area contributed by atoms with Crippen molar-refractivity contribution in [3.63, 3.8) is 0 Å². The molecule has 0 aromatic carbocycles. The van der Waals surface area contributed by atoms with Crippen molar-refractivity contribution in [3.8, 4) is 0 Å². The number of nitrogens with zero attached hydrogens (tertiary/aromatic N) is 3. The van der Waals surface area contributed by atoms with Crippen molar-refractivity contribution in [2.24, 2.45) is 11.3 Å². The molecule has 23 heavy (non-hydrogen) atoms. The standard InChI is InChI=1S/C18H25N3O2/c1-14-12-20(15-4-9-23-10-5-15)13-18(14)6-8-21(17(18)22)16-3-2-7-19-11-16/h2-3,7,11,14-15H,4-6,8-10,12-13H2,1H3/t14-,18-/m1/s1. The number of pyridine rings is 1. The topological polar surface area (TPSA) is 45.7 Å². The third-order valence-corrected chi connectivity index (χ3v) is 6.05. The molecule has 0 aliphatic carbocycles. The molecule has 4 heterocycles. The molecule has 3 aliphatic rings. The summed E-state index contributed by atoms with van der Waals surface area (Å²) >= 11 is 0. The van der Waals surface area contributed by atoms with Crippen LogP contribution in [0.4, 0.5) is 5.69 Å². The first-order valence-corrected chi connectivity index (χ1v) is 8.74. The van der Waals surface area contributed by atoms with E-state index in [0.717, 1.165) is 57.8 Å². The first kappa shape index (κ1) is 15.1. The second-order valence-electron chi connectivity index (χ2n) is 7.25. The first-order chi connectivity index (χ1) is 11.2. The minimum absolute atomic E-state index is 0.200. The number of carbonyl (C=O) groups is 1. The Morgan fingerprint density at radius 3 is 2.91 bits per heavy atom. The zero-order valence-electron chi connectivity index (χ0n) is 13.8. The van der Waals surface area contributed by atoms with Crippen molar-refractivity contribution >= 4 is 11.6 Å². The molecule has 4 rings (SSSR count). The number of likely N-dealkylation sites (tertiary alicyclic amines) is 1. The molecule has 5 heteroatoms. The van der Waals surface area contributed by atoms with E-state index in [4.69, 9.17) is 4.74 Å². The van der Waals surface area contributed by atoms with Crippen molar-refractivity contribution < 1.29 is 9.53 Å². The zero-order chi connectivity index (χ0) is 15.9. The molecule has 124 valence electrons. The van der Waals surface area contributed by atoms with E-state index in [1.165, 1.54) is 0 Å². The summed E-state index contributed by atoms with van der Waals surface area (Å²) in [5.41, 5.74) is 0.736. The van der Waals surface area contributed by atoms with Crippen LogP contribution >= 0.6 is 0 Å². The Balaban J connectivity index is 1.53. The highest BCUT2D eigenvalue weighted by molar-refractivity contribution is 6.00. The molecule has 1 amide bonds. The lowest BCUT2D eigenvalue weighted by Gasteiger charge is -2.32. The van der Waals surface area contributed by atoms with Crippen LogP contribution in [0.25, 0.3) is 0 Å². The summed E-state index contributed by atoms with van der Waals surface area (Å²) < 4.78 is 5.49. The van der Waals surface area contributed by atoms with E-state index in [9.17, 15) is 4.79 Å². The van der Waals surface area contributed by atoms with Crippen LogP contribution in [0, 0.1) is 11.3 Å². The molecule has 0 bridgehead atoms. The third-order valence-electron chi connectivity index (χ3n) is 6.05. The lowest BCUT2D eigenvalue weighted by atomic mass is 9.78. The number of ether oxygens (including phenoxy) is 1. The summed E-state index contributed by atoms with van der Waals surface area (Å²) in [7, 11) is 0. The molecule has 1 aromatic rings. The van der Waals surface area contributed by atoms with E-state index >= 15 is 0 Å². The zero-order valence-corrected chi connectivity index (χ0v) is 13.8. The number of hydrogen-bond acceptors (Lipinski definition) is 4. The van der Waals surface area contributed by atoms with Gasteiger partial charge in [0.25, 0.3) is 0 Å². The molecule has 0 unspecified atom stereocenters. The predicted octanol–water partition coefficient (Wildman–Crippen LogP) is 1.94. The summed E-state index contributed by atoms with van der Waals surface area (Å²) in [6.07, 6.45) is 6.71. The molecule has 3 aliphatic heterocycles. The average Bonchev–Trinajstić information content (AvgIpc) is 3.11. The van der Waals surface area contributed by atoms with Crippen LogP contribution in [-0.2, 0) is 9.53 Å². The van der Waals surface area contributed by atoms with E-state index in [2.05, 4.69) is 16.8 Å². The molecule has 0 radical (unpaired) electrons. The van der Waals surface area contributed by atoms with Gasteiger partial charge >= 0.3 is 0 Å².